The molecule has 0 heterocycles. The zero-order valence-corrected chi connectivity index (χ0v) is 80.0. The van der Waals surface area contributed by atoms with E-state index < -0.39 is 0 Å². The van der Waals surface area contributed by atoms with E-state index in [4.69, 9.17) is 28.4 Å². The molecule has 2 unspecified atom stereocenters. The van der Waals surface area contributed by atoms with Crippen LogP contribution in [0, 0.1) is 77.8 Å². The Bertz CT molecular complexity index is 2010. The Morgan fingerprint density at radius 2 is 0.519 bits per heavy atom. The molecule has 0 aromatic rings. The fourth-order valence-corrected chi connectivity index (χ4v) is 8.65. The normalized spacial score (nSPS) is 12.3. The minimum atomic E-state index is -0.105. The van der Waals surface area contributed by atoms with Gasteiger partial charge in [0.1, 0.15) is 0 Å². The van der Waals surface area contributed by atoms with E-state index in [1.54, 1.807) is 6.92 Å². The summed E-state index contributed by atoms with van der Waals surface area (Å²) in [7, 11) is 0. The molecule has 0 saturated heterocycles. The van der Waals surface area contributed by atoms with Crippen LogP contribution in [0.5, 0.6) is 0 Å². The zero-order valence-electron chi connectivity index (χ0n) is 80.0. The number of hydrogen-bond donors (Lipinski definition) is 0. The van der Waals surface area contributed by atoms with E-state index in [1.807, 2.05) is 62.3 Å². The Morgan fingerprint density at radius 3 is 0.736 bits per heavy atom. The van der Waals surface area contributed by atoms with Crippen LogP contribution in [0.4, 0.5) is 0 Å². The van der Waals surface area contributed by atoms with Gasteiger partial charge in [0.15, 0.2) is 0 Å². The topological polar surface area (TPSA) is 158 Å². The van der Waals surface area contributed by atoms with E-state index in [1.165, 1.54) is 51.4 Å². The molecule has 0 aliphatic heterocycles. The monoisotopic (exact) mass is 1520 g/mol. The lowest BCUT2D eigenvalue weighted by Gasteiger charge is -2.22. The number of hydrogen-bond acceptors (Lipinski definition) is 12. The summed E-state index contributed by atoms with van der Waals surface area (Å²) in [5.41, 5.74) is 3.90. The summed E-state index contributed by atoms with van der Waals surface area (Å²) in [5, 5.41) is 0. The summed E-state index contributed by atoms with van der Waals surface area (Å²) in [5.74, 6) is 1.11. The van der Waals surface area contributed by atoms with Crippen LogP contribution in [0.15, 0.2) is 0 Å². The SMILES string of the molecule is C.CC(C)C(=O)OCCC(C)(C)C.CC(C)C(=O)OCCCC(C)(C)C.CC(C)CC(C)(C)C.CC(C)CCC(C)(C)C.CCC(=O)OC(C)CC(C)(C)C.CCC(=O)OC(C)CCC(C)(C)C.CCC(=O)OCCC(C)(C)C.CCC(=O)OCCCC(C)(C)C.CCCC(C)(C)C.CCCCC(C)(C)C. The minimum Gasteiger partial charge on any atom is -0.466 e. The van der Waals surface area contributed by atoms with Crippen molar-refractivity contribution in [1.29, 1.82) is 0 Å². The predicted octanol–water partition coefficient (Wildman–Crippen LogP) is 29.9. The average Bonchev–Trinajstić information content (AvgIpc) is 0.950. The fourth-order valence-electron chi connectivity index (χ4n) is 8.65. The first kappa shape index (κ1) is 126. The van der Waals surface area contributed by atoms with E-state index in [-0.39, 0.29) is 83.5 Å². The number of carbonyl (C=O) groups is 6. The molecule has 0 aliphatic carbocycles. The van der Waals surface area contributed by atoms with Gasteiger partial charge in [0.2, 0.25) is 0 Å². The third-order valence-electron chi connectivity index (χ3n) is 14.6. The van der Waals surface area contributed by atoms with Crippen molar-refractivity contribution in [2.75, 3.05) is 26.4 Å². The van der Waals surface area contributed by atoms with Crippen molar-refractivity contribution in [2.45, 2.75) is 473 Å². The van der Waals surface area contributed by atoms with Gasteiger partial charge in [-0.05, 0) is 163 Å². The van der Waals surface area contributed by atoms with Crippen LogP contribution in [0.25, 0.3) is 0 Å². The molecule has 0 aliphatic rings. The number of unbranched alkanes of at least 4 members (excludes halogenated alkanes) is 1. The van der Waals surface area contributed by atoms with Crippen molar-refractivity contribution in [3.63, 3.8) is 0 Å². The first-order valence-corrected chi connectivity index (χ1v) is 41.8. The lowest BCUT2D eigenvalue weighted by atomic mass is 9.86. The van der Waals surface area contributed by atoms with Gasteiger partial charge in [0.05, 0.1) is 50.5 Å². The highest BCUT2D eigenvalue weighted by atomic mass is 16.6. The summed E-state index contributed by atoms with van der Waals surface area (Å²) >= 11 is 0. The summed E-state index contributed by atoms with van der Waals surface area (Å²) in [4.78, 5) is 65.3. The molecule has 0 aromatic carbocycles. The Kier molecular flexibility index (Phi) is 80.5. The Labute approximate surface area is 666 Å². The summed E-state index contributed by atoms with van der Waals surface area (Å²) < 4.78 is 30.3. The van der Waals surface area contributed by atoms with Crippen LogP contribution in [0.1, 0.15) is 461 Å². The molecule has 12 heteroatoms. The first-order chi connectivity index (χ1) is 46.7. The van der Waals surface area contributed by atoms with Crippen molar-refractivity contribution in [3.8, 4) is 0 Å². The van der Waals surface area contributed by atoms with Crippen LogP contribution in [-0.2, 0) is 57.2 Å². The average molecular weight is 1520 g/mol. The van der Waals surface area contributed by atoms with Crippen LogP contribution in [0.2, 0.25) is 0 Å². The molecule has 0 aromatic heterocycles. The molecule has 0 N–H and O–H groups in total. The van der Waals surface area contributed by atoms with Crippen LogP contribution < -0.4 is 0 Å². The van der Waals surface area contributed by atoms with E-state index in [9.17, 15) is 28.8 Å². The largest absolute Gasteiger partial charge is 0.466 e. The Morgan fingerprint density at radius 1 is 0.255 bits per heavy atom. The van der Waals surface area contributed by atoms with Gasteiger partial charge in [0, 0.05) is 25.7 Å². The molecule has 0 spiro atoms. The van der Waals surface area contributed by atoms with Gasteiger partial charge in [-0.2, -0.15) is 0 Å². The molecule has 0 saturated carbocycles. The molecule has 0 radical (unpaired) electrons. The molecular formula is C94H198O12. The van der Waals surface area contributed by atoms with Crippen LogP contribution in [0.3, 0.4) is 0 Å². The summed E-state index contributed by atoms with van der Waals surface area (Å²) in [6.45, 7) is 101. The maximum atomic E-state index is 11.0. The van der Waals surface area contributed by atoms with Gasteiger partial charge < -0.3 is 28.4 Å². The van der Waals surface area contributed by atoms with Gasteiger partial charge in [-0.1, -0.05) is 338 Å². The van der Waals surface area contributed by atoms with E-state index >= 15 is 0 Å². The lowest BCUT2D eigenvalue weighted by molar-refractivity contribution is -0.149. The number of rotatable bonds is 27. The van der Waals surface area contributed by atoms with Crippen molar-refractivity contribution < 1.29 is 57.2 Å². The highest BCUT2D eigenvalue weighted by molar-refractivity contribution is 5.72. The van der Waals surface area contributed by atoms with Crippen molar-refractivity contribution in [3.05, 3.63) is 0 Å². The fraction of sp³-hybridized carbons (Fsp3) is 0.936. The molecule has 0 bridgehead atoms. The summed E-state index contributed by atoms with van der Waals surface area (Å²) in [6, 6.07) is 0. The highest BCUT2D eigenvalue weighted by Crippen LogP contribution is 2.28. The maximum Gasteiger partial charge on any atom is 0.308 e. The molecule has 0 amide bonds. The van der Waals surface area contributed by atoms with E-state index in [0.29, 0.717) is 90.0 Å². The maximum absolute atomic E-state index is 11.0. The molecule has 0 rings (SSSR count). The molecular weight excluding hydrogens is 1320 g/mol. The van der Waals surface area contributed by atoms with Crippen molar-refractivity contribution in [2.24, 2.45) is 77.8 Å². The lowest BCUT2D eigenvalue weighted by Crippen LogP contribution is -2.20. The third kappa shape index (κ3) is 150. The minimum absolute atomic E-state index is 0. The number of carbonyl (C=O) groups excluding carboxylic acids is 6. The van der Waals surface area contributed by atoms with Gasteiger partial charge in [0.25, 0.3) is 0 Å². The predicted molar refractivity (Wildman–Crippen MR) is 467 cm³/mol. The number of esters is 6. The molecule has 106 heavy (non-hydrogen) atoms. The van der Waals surface area contributed by atoms with Crippen LogP contribution >= 0.6 is 0 Å². The molecule has 0 fully saturated rings. The summed E-state index contributed by atoms with van der Waals surface area (Å²) in [6.07, 6.45) is 21.7. The molecule has 2 atom stereocenters. The molecule has 646 valence electrons. The standard InChI is InChI=1S/2C11H22O2.3C10H20O2.C9H18O2.C9H20.2C8H18.C7H16.CH4/c1-9(2)10(12)13-8-6-7-11(3,4)5;1-6-10(12)13-9(2)7-8-11(3,4)5;1-8(2)9(11)12-7-6-10(3,4)5;1-6-9(11)12-8(2)7-10(3,4)5;1-5-9(11)12-8-6-7-10(2,3)4;1-5-8(10)11-7-6-9(2,3)4;1-8(2)6-7-9(3,4)5;1-7(2)6-8(3,4)5;1-5-6-7-8(2,3)4;1-5-6-7(2,3)4;/h2*9H,6-8H2,1-5H3;2*8H,6-7H2,1-5H3;5-8H2,1-4H3;5-7H2,1-4H3;8H,6-7H2,1-5H3;7H,6H2,1-5H3;5-7H2,1-4H3;5-6H2,1-4H3;1H4. The molecule has 12 nitrogen and oxygen atoms in total. The Balaban J connectivity index is -0.000000106. The second-order valence-electron chi connectivity index (χ2n) is 42.5. The van der Waals surface area contributed by atoms with Crippen molar-refractivity contribution >= 4 is 35.8 Å². The van der Waals surface area contributed by atoms with Gasteiger partial charge in [-0.3, -0.25) is 28.8 Å². The second-order valence-corrected chi connectivity index (χ2v) is 42.5. The van der Waals surface area contributed by atoms with E-state index in [0.717, 1.165) is 69.6 Å². The first-order valence-electron chi connectivity index (χ1n) is 41.8. The van der Waals surface area contributed by atoms with Gasteiger partial charge in [-0.25, -0.2) is 0 Å². The smallest absolute Gasteiger partial charge is 0.308 e. The number of ether oxygens (including phenoxy) is 6. The zero-order chi connectivity index (χ0) is 85.8. The quantitative estimate of drug-likeness (QED) is 0.0436. The highest BCUT2D eigenvalue weighted by Gasteiger charge is 2.20. The van der Waals surface area contributed by atoms with Crippen molar-refractivity contribution in [1.82, 2.24) is 0 Å². The van der Waals surface area contributed by atoms with Crippen LogP contribution in [-0.4, -0.2) is 74.5 Å². The second kappa shape index (κ2) is 67.5. The Hall–Kier alpha value is -3.18. The van der Waals surface area contributed by atoms with Gasteiger partial charge >= 0.3 is 35.8 Å². The van der Waals surface area contributed by atoms with Gasteiger partial charge in [-0.15, -0.1) is 0 Å². The third-order valence-corrected chi connectivity index (χ3v) is 14.6. The van der Waals surface area contributed by atoms with E-state index in [2.05, 4.69) is 249 Å².